The van der Waals surface area contributed by atoms with Crippen molar-refractivity contribution in [2.45, 2.75) is 40.2 Å². The molecule has 18 heavy (non-hydrogen) atoms. The number of phosphoric acid groups is 1. The van der Waals surface area contributed by atoms with Crippen LogP contribution in [0.15, 0.2) is 0 Å². The molecule has 0 aliphatic rings. The smallest absolute Gasteiger partial charge is 0.434 e. The van der Waals surface area contributed by atoms with E-state index >= 15 is 0 Å². The van der Waals surface area contributed by atoms with Crippen molar-refractivity contribution >= 4 is 14.0 Å². The lowest BCUT2D eigenvalue weighted by Crippen LogP contribution is -2.23. The molecular weight excluding hydrogens is 263 g/mol. The summed E-state index contributed by atoms with van der Waals surface area (Å²) in [4.78, 5) is 28.4. The van der Waals surface area contributed by atoms with Gasteiger partial charge in [0.15, 0.2) is 0 Å². The van der Waals surface area contributed by atoms with E-state index in [1.54, 1.807) is 6.92 Å². The van der Waals surface area contributed by atoms with E-state index in [0.29, 0.717) is 6.42 Å². The number of carbonyl (C=O) groups is 1. The highest BCUT2D eigenvalue weighted by molar-refractivity contribution is 7.46. The number of rotatable bonds is 6. The molecule has 0 aromatic heterocycles. The van der Waals surface area contributed by atoms with Crippen LogP contribution in [0.4, 0.5) is 4.79 Å². The van der Waals surface area contributed by atoms with Crippen LogP contribution < -0.4 is 0 Å². The van der Waals surface area contributed by atoms with Crippen molar-refractivity contribution in [3.8, 4) is 0 Å². The van der Waals surface area contributed by atoms with Crippen LogP contribution in [-0.4, -0.2) is 35.3 Å². The van der Waals surface area contributed by atoms with Gasteiger partial charge in [0.25, 0.3) is 0 Å². The summed E-state index contributed by atoms with van der Waals surface area (Å²) in [6, 6.07) is 0. The van der Waals surface area contributed by atoms with Crippen LogP contribution in [-0.2, 0) is 18.6 Å². The average molecular weight is 284 g/mol. The first kappa shape index (κ1) is 17.4. The molecule has 0 saturated carbocycles. The molecule has 0 radical (unpaired) electrons. The molecule has 8 heteroatoms. The molecule has 0 rings (SSSR count). The Hall–Kier alpha value is -0.620. The molecule has 7 nitrogen and oxygen atoms in total. The first-order valence-corrected chi connectivity index (χ1v) is 7.10. The largest absolute Gasteiger partial charge is 0.508 e. The van der Waals surface area contributed by atoms with E-state index in [-0.39, 0.29) is 18.6 Å². The highest BCUT2D eigenvalue weighted by Gasteiger charge is 2.23. The zero-order valence-corrected chi connectivity index (χ0v) is 12.0. The Kier molecular flexibility index (Phi) is 6.84. The Labute approximate surface area is 107 Å². The molecule has 0 aromatic rings. The van der Waals surface area contributed by atoms with Crippen molar-refractivity contribution < 1.29 is 33.1 Å². The van der Waals surface area contributed by atoms with Gasteiger partial charge in [0.05, 0.1) is 6.61 Å². The van der Waals surface area contributed by atoms with Gasteiger partial charge in [0.2, 0.25) is 0 Å². The maximum Gasteiger partial charge on any atom is 0.508 e. The second-order valence-electron chi connectivity index (χ2n) is 5.04. The van der Waals surface area contributed by atoms with Crippen molar-refractivity contribution in [1.82, 2.24) is 0 Å². The first-order chi connectivity index (χ1) is 8.03. The lowest BCUT2D eigenvalue weighted by molar-refractivity contribution is 0.00439. The molecule has 0 unspecified atom stereocenters. The summed E-state index contributed by atoms with van der Waals surface area (Å²) in [5.41, 5.74) is -0.175. The minimum atomic E-state index is -4.57. The van der Waals surface area contributed by atoms with Crippen LogP contribution in [0.5, 0.6) is 0 Å². The maximum absolute atomic E-state index is 11.2. The summed E-state index contributed by atoms with van der Waals surface area (Å²) in [6.45, 7) is 7.28. The summed E-state index contributed by atoms with van der Waals surface area (Å²) in [6.07, 6.45) is -1.43. The lowest BCUT2D eigenvalue weighted by atomic mass is 9.99. The highest BCUT2D eigenvalue weighted by Crippen LogP contribution is 2.38. The number of phosphoric ester groups is 1. The second kappa shape index (κ2) is 7.09. The monoisotopic (exact) mass is 284 g/mol. The van der Waals surface area contributed by atoms with Crippen molar-refractivity contribution in [3.63, 3.8) is 0 Å². The molecule has 0 aromatic carbocycles. The van der Waals surface area contributed by atoms with E-state index in [9.17, 15) is 9.36 Å². The standard InChI is InChI=1S/C10H21O7P/c1-5-8(17-18(12,13)14)6-15-9(11)16-7-10(2,3)4/h8H,5-7H2,1-4H3,(H2,12,13,14)/t8-/m0/s1. The molecular formula is C10H21O7P. The van der Waals surface area contributed by atoms with E-state index in [4.69, 9.17) is 19.3 Å². The molecule has 0 bridgehead atoms. The van der Waals surface area contributed by atoms with Gasteiger partial charge in [0.1, 0.15) is 12.7 Å². The molecule has 0 amide bonds. The topological polar surface area (TPSA) is 102 Å². The van der Waals surface area contributed by atoms with Crippen molar-refractivity contribution in [2.75, 3.05) is 13.2 Å². The van der Waals surface area contributed by atoms with E-state index < -0.39 is 20.1 Å². The van der Waals surface area contributed by atoms with Gasteiger partial charge in [-0.2, -0.15) is 0 Å². The molecule has 0 spiro atoms. The van der Waals surface area contributed by atoms with Gasteiger partial charge in [-0.1, -0.05) is 27.7 Å². The zero-order valence-electron chi connectivity index (χ0n) is 11.1. The maximum atomic E-state index is 11.2. The molecule has 2 N–H and O–H groups in total. The van der Waals surface area contributed by atoms with Crippen molar-refractivity contribution in [3.05, 3.63) is 0 Å². The van der Waals surface area contributed by atoms with Crippen LogP contribution in [0.3, 0.4) is 0 Å². The molecule has 108 valence electrons. The normalized spacial score (nSPS) is 14.1. The van der Waals surface area contributed by atoms with Crippen LogP contribution >= 0.6 is 7.82 Å². The van der Waals surface area contributed by atoms with Gasteiger partial charge in [-0.05, 0) is 11.8 Å². The summed E-state index contributed by atoms with van der Waals surface area (Å²) in [7, 11) is -4.57. The van der Waals surface area contributed by atoms with Crippen LogP contribution in [0.1, 0.15) is 34.1 Å². The van der Waals surface area contributed by atoms with E-state index in [1.807, 2.05) is 20.8 Å². The van der Waals surface area contributed by atoms with E-state index in [0.717, 1.165) is 0 Å². The van der Waals surface area contributed by atoms with Crippen LogP contribution in [0, 0.1) is 5.41 Å². The fourth-order valence-electron chi connectivity index (χ4n) is 0.895. The Morgan fingerprint density at radius 3 is 2.22 bits per heavy atom. The first-order valence-electron chi connectivity index (χ1n) is 5.57. The lowest BCUT2D eigenvalue weighted by Gasteiger charge is -2.19. The quantitative estimate of drug-likeness (QED) is 0.568. The summed E-state index contributed by atoms with van der Waals surface area (Å²) >= 11 is 0. The molecule has 0 heterocycles. The van der Waals surface area contributed by atoms with Gasteiger partial charge in [-0.15, -0.1) is 0 Å². The molecule has 0 aliphatic heterocycles. The van der Waals surface area contributed by atoms with Gasteiger partial charge in [-0.3, -0.25) is 4.52 Å². The highest BCUT2D eigenvalue weighted by atomic mass is 31.2. The fourth-order valence-corrected chi connectivity index (χ4v) is 1.49. The second-order valence-corrected chi connectivity index (χ2v) is 6.23. The third-order valence-electron chi connectivity index (χ3n) is 1.75. The Morgan fingerprint density at radius 2 is 1.83 bits per heavy atom. The Balaban J connectivity index is 3.99. The number of carbonyl (C=O) groups excluding carboxylic acids is 1. The summed E-state index contributed by atoms with van der Waals surface area (Å²) in [5.74, 6) is 0. The third-order valence-corrected chi connectivity index (χ3v) is 2.32. The van der Waals surface area contributed by atoms with Gasteiger partial charge >= 0.3 is 14.0 Å². The summed E-state index contributed by atoms with van der Waals surface area (Å²) in [5, 5.41) is 0. The van der Waals surface area contributed by atoms with Gasteiger partial charge in [0, 0.05) is 0 Å². The number of hydrogen-bond donors (Lipinski definition) is 2. The molecule has 0 aliphatic carbocycles. The van der Waals surface area contributed by atoms with Crippen molar-refractivity contribution in [1.29, 1.82) is 0 Å². The van der Waals surface area contributed by atoms with Gasteiger partial charge < -0.3 is 19.3 Å². The Morgan fingerprint density at radius 1 is 1.28 bits per heavy atom. The predicted molar refractivity (Wildman–Crippen MR) is 64.0 cm³/mol. The van der Waals surface area contributed by atoms with E-state index in [2.05, 4.69) is 4.52 Å². The minimum absolute atomic E-state index is 0.175. The minimum Gasteiger partial charge on any atom is -0.434 e. The molecule has 0 fully saturated rings. The molecule has 1 atom stereocenters. The fraction of sp³-hybridized carbons (Fsp3) is 0.900. The van der Waals surface area contributed by atoms with Crippen molar-refractivity contribution in [2.24, 2.45) is 5.41 Å². The summed E-state index contributed by atoms with van der Waals surface area (Å²) < 4.78 is 24.5. The average Bonchev–Trinajstić information content (AvgIpc) is 2.18. The Bertz CT molecular complexity index is 304. The zero-order chi connectivity index (χ0) is 14.4. The predicted octanol–water partition coefficient (Wildman–Crippen LogP) is 2.07. The number of ether oxygens (including phenoxy) is 2. The van der Waals surface area contributed by atoms with E-state index in [1.165, 1.54) is 0 Å². The van der Waals surface area contributed by atoms with Crippen LogP contribution in [0.2, 0.25) is 0 Å². The molecule has 0 saturated heterocycles. The van der Waals surface area contributed by atoms with Gasteiger partial charge in [-0.25, -0.2) is 9.36 Å². The number of hydrogen-bond acceptors (Lipinski definition) is 5. The third kappa shape index (κ3) is 10.5. The van der Waals surface area contributed by atoms with Crippen LogP contribution in [0.25, 0.3) is 0 Å². The SMILES string of the molecule is CC[C@@H](COC(=O)OCC(C)(C)C)OP(=O)(O)O.